The van der Waals surface area contributed by atoms with Gasteiger partial charge in [-0.25, -0.2) is 27.9 Å². The quantitative estimate of drug-likeness (QED) is 0.0722. The number of hydrogen-bond acceptors (Lipinski definition) is 5. The van der Waals surface area contributed by atoms with E-state index < -0.39 is 23.3 Å². The molecule has 0 amide bonds. The van der Waals surface area contributed by atoms with E-state index in [0.29, 0.717) is 12.0 Å². The van der Waals surface area contributed by atoms with Crippen LogP contribution in [0, 0.1) is 11.6 Å². The molecule has 0 spiro atoms. The first-order valence-electron chi connectivity index (χ1n) is 16.2. The Balaban J connectivity index is 1.50. The zero-order chi connectivity index (χ0) is 31.8. The molecule has 0 saturated heterocycles. The first kappa shape index (κ1) is 35.1. The minimum atomic E-state index is -2.05. The van der Waals surface area contributed by atoms with Crippen LogP contribution in [0.25, 0.3) is 22.5 Å². The Kier molecular flexibility index (Phi) is 14.7. The lowest BCUT2D eigenvalue weighted by Gasteiger charge is -2.18. The van der Waals surface area contributed by atoms with E-state index in [0.717, 1.165) is 44.1 Å². The number of nitrogens with zero attached hydrogens (tertiary/aromatic N) is 2. The molecule has 5 nitrogen and oxygen atoms in total. The van der Waals surface area contributed by atoms with E-state index in [1.165, 1.54) is 57.6 Å². The van der Waals surface area contributed by atoms with Gasteiger partial charge in [0.1, 0.15) is 5.75 Å². The largest absolute Gasteiger partial charge is 0.488 e. The molecule has 0 radical (unpaired) electrons. The van der Waals surface area contributed by atoms with Crippen LogP contribution < -0.4 is 9.47 Å². The van der Waals surface area contributed by atoms with Crippen molar-refractivity contribution in [3.8, 4) is 34.0 Å². The number of esters is 1. The van der Waals surface area contributed by atoms with Crippen LogP contribution in [-0.2, 0) is 4.79 Å². The molecule has 0 fully saturated rings. The van der Waals surface area contributed by atoms with Gasteiger partial charge in [-0.3, -0.25) is 0 Å². The van der Waals surface area contributed by atoms with Crippen LogP contribution in [0.3, 0.4) is 0 Å². The second-order valence-electron chi connectivity index (χ2n) is 11.7. The van der Waals surface area contributed by atoms with Crippen molar-refractivity contribution in [1.29, 1.82) is 0 Å². The molecule has 0 bridgehead atoms. The fourth-order valence-electron chi connectivity index (χ4n) is 4.95. The molecule has 0 aliphatic heterocycles. The van der Waals surface area contributed by atoms with Crippen molar-refractivity contribution in [2.45, 2.75) is 116 Å². The van der Waals surface area contributed by atoms with Gasteiger partial charge in [0.05, 0.1) is 6.61 Å². The molecule has 0 N–H and O–H groups in total. The number of hydrogen-bond donors (Lipinski definition) is 0. The van der Waals surface area contributed by atoms with Gasteiger partial charge in [-0.05, 0) is 56.0 Å². The predicted molar refractivity (Wildman–Crippen MR) is 169 cm³/mol. The summed E-state index contributed by atoms with van der Waals surface area (Å²) in [6.45, 7) is 5.80. The fourth-order valence-corrected chi connectivity index (χ4v) is 4.95. The maximum Gasteiger partial charge on any atom is 0.348 e. The summed E-state index contributed by atoms with van der Waals surface area (Å²) in [5, 5.41) is 0. The maximum atomic E-state index is 14.8. The minimum absolute atomic E-state index is 0.122. The van der Waals surface area contributed by atoms with E-state index in [9.17, 15) is 18.0 Å². The highest BCUT2D eigenvalue weighted by molar-refractivity contribution is 5.81. The first-order chi connectivity index (χ1) is 21.2. The van der Waals surface area contributed by atoms with Gasteiger partial charge in [-0.1, -0.05) is 96.6 Å². The van der Waals surface area contributed by atoms with Crippen molar-refractivity contribution in [2.24, 2.45) is 0 Å². The van der Waals surface area contributed by atoms with E-state index in [1.807, 2.05) is 0 Å². The fraction of sp³-hybridized carbons (Fsp3) is 0.528. The number of rotatable bonds is 20. The summed E-state index contributed by atoms with van der Waals surface area (Å²) >= 11 is 0. The summed E-state index contributed by atoms with van der Waals surface area (Å²) in [4.78, 5) is 20.9. The Morgan fingerprint density at radius 3 is 1.82 bits per heavy atom. The molecule has 240 valence electrons. The van der Waals surface area contributed by atoms with E-state index >= 15 is 0 Å². The van der Waals surface area contributed by atoms with Crippen molar-refractivity contribution < 1.29 is 27.4 Å². The van der Waals surface area contributed by atoms with E-state index in [-0.39, 0.29) is 35.9 Å². The average molecular weight is 613 g/mol. The number of unbranched alkanes of at least 4 members (excludes halogenated alkanes) is 11. The molecular weight excluding hydrogens is 565 g/mol. The molecule has 3 rings (SSSR count). The zero-order valence-electron chi connectivity index (χ0n) is 26.5. The Bertz CT molecular complexity index is 1260. The first-order valence-corrected chi connectivity index (χ1v) is 16.2. The predicted octanol–water partition coefficient (Wildman–Crippen LogP) is 10.6. The summed E-state index contributed by atoms with van der Waals surface area (Å²) in [6, 6.07) is 8.91. The van der Waals surface area contributed by atoms with Crippen molar-refractivity contribution in [3.05, 3.63) is 60.4 Å². The number of ether oxygens (including phenoxy) is 2. The number of halogens is 3. The summed E-state index contributed by atoms with van der Waals surface area (Å²) < 4.78 is 55.0. The van der Waals surface area contributed by atoms with Crippen molar-refractivity contribution in [1.82, 2.24) is 9.97 Å². The van der Waals surface area contributed by atoms with Crippen molar-refractivity contribution in [2.75, 3.05) is 6.61 Å². The highest BCUT2D eigenvalue weighted by Gasteiger charge is 2.34. The van der Waals surface area contributed by atoms with Crippen LogP contribution in [0.1, 0.15) is 111 Å². The molecular formula is C36H47F3N2O3. The number of carbonyl (C=O) groups excluding carboxylic acids is 1. The highest BCUT2D eigenvalue weighted by Crippen LogP contribution is 2.29. The second-order valence-corrected chi connectivity index (χ2v) is 11.7. The van der Waals surface area contributed by atoms with E-state index in [1.54, 1.807) is 36.7 Å². The lowest BCUT2D eigenvalue weighted by Crippen LogP contribution is -2.34. The number of carbonyl (C=O) groups is 1. The molecule has 3 aromatic rings. The van der Waals surface area contributed by atoms with Crippen LogP contribution >= 0.6 is 0 Å². The summed E-state index contributed by atoms with van der Waals surface area (Å²) in [7, 11) is 0. The van der Waals surface area contributed by atoms with Gasteiger partial charge < -0.3 is 9.47 Å². The molecule has 2 aromatic carbocycles. The van der Waals surface area contributed by atoms with Crippen molar-refractivity contribution in [3.63, 3.8) is 0 Å². The maximum absolute atomic E-state index is 14.8. The van der Waals surface area contributed by atoms with Crippen molar-refractivity contribution >= 4 is 5.97 Å². The molecule has 0 aliphatic rings. The molecule has 0 unspecified atom stereocenters. The normalized spacial score (nSPS) is 12.6. The van der Waals surface area contributed by atoms with Gasteiger partial charge in [0.2, 0.25) is 5.67 Å². The van der Waals surface area contributed by atoms with E-state index in [2.05, 4.69) is 23.8 Å². The minimum Gasteiger partial charge on any atom is -0.488 e. The van der Waals surface area contributed by atoms with Crippen LogP contribution in [0.2, 0.25) is 0 Å². The van der Waals surface area contributed by atoms with Gasteiger partial charge in [0.15, 0.2) is 23.2 Å². The van der Waals surface area contributed by atoms with Gasteiger partial charge in [0.25, 0.3) is 0 Å². The van der Waals surface area contributed by atoms with Gasteiger partial charge in [-0.15, -0.1) is 0 Å². The van der Waals surface area contributed by atoms with Crippen LogP contribution in [-0.4, -0.2) is 28.2 Å². The SMILES string of the molecule is CCCCCCCCCCCOc1c(F)cc(-c2ncc(-c3ccc(OC(=O)[C@@](C)(F)CCCCCC)cc3)cn2)cc1F. The lowest BCUT2D eigenvalue weighted by atomic mass is 10.00. The van der Waals surface area contributed by atoms with Crippen LogP contribution in [0.4, 0.5) is 13.2 Å². The topological polar surface area (TPSA) is 61.3 Å². The number of aromatic nitrogens is 2. The van der Waals surface area contributed by atoms with Gasteiger partial charge in [-0.2, -0.15) is 0 Å². The Hall–Kier alpha value is -3.42. The summed E-state index contributed by atoms with van der Waals surface area (Å²) in [5.74, 6) is -2.47. The number of alkyl halides is 1. The summed E-state index contributed by atoms with van der Waals surface area (Å²) in [6.07, 6.45) is 17.1. The Morgan fingerprint density at radius 2 is 1.25 bits per heavy atom. The molecule has 0 saturated carbocycles. The molecule has 44 heavy (non-hydrogen) atoms. The number of benzene rings is 2. The monoisotopic (exact) mass is 612 g/mol. The second kappa shape index (κ2) is 18.4. The Morgan fingerprint density at radius 1 is 0.727 bits per heavy atom. The zero-order valence-corrected chi connectivity index (χ0v) is 26.5. The lowest BCUT2D eigenvalue weighted by molar-refractivity contribution is -0.147. The van der Waals surface area contributed by atoms with Crippen LogP contribution in [0.15, 0.2) is 48.8 Å². The smallest absolute Gasteiger partial charge is 0.348 e. The van der Waals surface area contributed by atoms with Crippen LogP contribution in [0.5, 0.6) is 11.5 Å². The molecule has 1 aromatic heterocycles. The molecule has 0 aliphatic carbocycles. The third kappa shape index (κ3) is 11.3. The average Bonchev–Trinajstić information content (AvgIpc) is 3.01. The Labute approximate surface area is 260 Å². The molecule has 1 atom stereocenters. The highest BCUT2D eigenvalue weighted by atomic mass is 19.1. The van der Waals surface area contributed by atoms with Gasteiger partial charge >= 0.3 is 5.97 Å². The summed E-state index contributed by atoms with van der Waals surface area (Å²) in [5.41, 5.74) is -0.462. The third-order valence-electron chi connectivity index (χ3n) is 7.73. The standard InChI is InChI=1S/C36H47F3N2O3/c1-4-6-8-10-11-12-13-14-16-22-43-33-31(37)23-28(24-32(33)38)34-40-25-29(26-41-34)27-17-19-30(20-18-27)44-35(42)36(3,39)21-15-9-7-5-2/h17-20,23-26H,4-16,21-22H2,1-3H3/t36-/m0/s1. The molecule has 1 heterocycles. The van der Waals surface area contributed by atoms with Gasteiger partial charge in [0, 0.05) is 23.5 Å². The third-order valence-corrected chi connectivity index (χ3v) is 7.73. The molecule has 8 heteroatoms. The van der Waals surface area contributed by atoms with E-state index in [4.69, 9.17) is 9.47 Å².